The average molecular weight is 393 g/mol. The van der Waals surface area contributed by atoms with Crippen LogP contribution in [0.5, 0.6) is 0 Å². The van der Waals surface area contributed by atoms with Crippen molar-refractivity contribution in [3.8, 4) is 11.3 Å². The van der Waals surface area contributed by atoms with Gasteiger partial charge in [-0.2, -0.15) is 22.1 Å². The predicted octanol–water partition coefficient (Wildman–Crippen LogP) is 1.98. The van der Waals surface area contributed by atoms with Crippen molar-refractivity contribution >= 4 is 10.2 Å². The third-order valence-electron chi connectivity index (χ3n) is 4.90. The molecule has 148 valence electrons. The van der Waals surface area contributed by atoms with Gasteiger partial charge in [0.1, 0.15) is 0 Å². The first-order valence-corrected chi connectivity index (χ1v) is 10.7. The van der Waals surface area contributed by atoms with Crippen LogP contribution in [0, 0.1) is 5.92 Å². The van der Waals surface area contributed by atoms with E-state index in [0.29, 0.717) is 19.1 Å². The Hall–Kier alpha value is -1.84. The Morgan fingerprint density at radius 3 is 2.59 bits per heavy atom. The molecule has 27 heavy (non-hydrogen) atoms. The Morgan fingerprint density at radius 2 is 2.00 bits per heavy atom. The molecular formula is C18H28N6O2S. The molecule has 0 saturated carbocycles. The predicted molar refractivity (Wildman–Crippen MR) is 104 cm³/mol. The standard InChI is InChI=1S/C18H28N6O2S/c1-14(2)24-13-16(9-21-24)18-11-19-17(10-20-18)8-15-6-5-7-23(12-15)27(25,26)22(3)4/h9-11,13-15H,5-8,12H2,1-4H3. The Balaban J connectivity index is 1.65. The number of aromatic nitrogens is 4. The number of rotatable bonds is 6. The first kappa shape index (κ1) is 19.9. The summed E-state index contributed by atoms with van der Waals surface area (Å²) in [6, 6.07) is 0.304. The van der Waals surface area contributed by atoms with Gasteiger partial charge in [-0.1, -0.05) is 0 Å². The van der Waals surface area contributed by atoms with Gasteiger partial charge in [0.2, 0.25) is 0 Å². The largest absolute Gasteiger partial charge is 0.281 e. The highest BCUT2D eigenvalue weighted by Crippen LogP contribution is 2.23. The van der Waals surface area contributed by atoms with Crippen LogP contribution in [0.15, 0.2) is 24.8 Å². The van der Waals surface area contributed by atoms with Crippen molar-refractivity contribution in [1.29, 1.82) is 0 Å². The summed E-state index contributed by atoms with van der Waals surface area (Å²) in [5.74, 6) is 0.261. The van der Waals surface area contributed by atoms with E-state index in [1.807, 2.05) is 10.9 Å². The van der Waals surface area contributed by atoms with Crippen LogP contribution in [0.25, 0.3) is 11.3 Å². The Labute approximate surface area is 161 Å². The highest BCUT2D eigenvalue weighted by molar-refractivity contribution is 7.86. The van der Waals surface area contributed by atoms with Crippen molar-refractivity contribution in [2.75, 3.05) is 27.2 Å². The van der Waals surface area contributed by atoms with Crippen molar-refractivity contribution in [1.82, 2.24) is 28.4 Å². The van der Waals surface area contributed by atoms with Gasteiger partial charge in [-0.25, -0.2) is 0 Å². The maximum absolute atomic E-state index is 12.4. The maximum atomic E-state index is 12.4. The number of hydrogen-bond acceptors (Lipinski definition) is 5. The van der Waals surface area contributed by atoms with Crippen molar-refractivity contribution in [3.05, 3.63) is 30.5 Å². The van der Waals surface area contributed by atoms with E-state index in [4.69, 9.17) is 0 Å². The van der Waals surface area contributed by atoms with Crippen molar-refractivity contribution in [2.45, 2.75) is 39.2 Å². The van der Waals surface area contributed by atoms with E-state index in [0.717, 1.165) is 36.2 Å². The smallest absolute Gasteiger partial charge is 0.270 e. The second-order valence-electron chi connectivity index (χ2n) is 7.56. The monoisotopic (exact) mass is 392 g/mol. The van der Waals surface area contributed by atoms with Crippen LogP contribution in [0.4, 0.5) is 0 Å². The lowest BCUT2D eigenvalue weighted by molar-refractivity contribution is 0.253. The van der Waals surface area contributed by atoms with Crippen LogP contribution in [-0.4, -0.2) is 64.0 Å². The molecule has 2 aromatic heterocycles. The molecule has 1 unspecified atom stereocenters. The lowest BCUT2D eigenvalue weighted by Crippen LogP contribution is -2.45. The average Bonchev–Trinajstić information content (AvgIpc) is 3.13. The van der Waals surface area contributed by atoms with Crippen molar-refractivity contribution < 1.29 is 8.42 Å². The van der Waals surface area contributed by atoms with Gasteiger partial charge >= 0.3 is 0 Å². The zero-order valence-corrected chi connectivity index (χ0v) is 17.2. The van der Waals surface area contributed by atoms with Gasteiger partial charge < -0.3 is 0 Å². The fourth-order valence-corrected chi connectivity index (χ4v) is 4.51. The first-order chi connectivity index (χ1) is 12.8. The third-order valence-corrected chi connectivity index (χ3v) is 6.81. The second-order valence-corrected chi connectivity index (χ2v) is 9.70. The molecule has 1 saturated heterocycles. The van der Waals surface area contributed by atoms with Crippen LogP contribution in [0.1, 0.15) is 38.4 Å². The summed E-state index contributed by atoms with van der Waals surface area (Å²) in [6.45, 7) is 5.28. The van der Waals surface area contributed by atoms with Crippen LogP contribution in [-0.2, 0) is 16.6 Å². The van der Waals surface area contributed by atoms with Gasteiger partial charge in [0, 0.05) is 51.2 Å². The quantitative estimate of drug-likeness (QED) is 0.750. The molecule has 1 fully saturated rings. The first-order valence-electron chi connectivity index (χ1n) is 9.30. The van der Waals surface area contributed by atoms with E-state index in [-0.39, 0.29) is 5.92 Å². The summed E-state index contributed by atoms with van der Waals surface area (Å²) >= 11 is 0. The zero-order valence-electron chi connectivity index (χ0n) is 16.4. The molecule has 1 aliphatic rings. The molecule has 0 aromatic carbocycles. The summed E-state index contributed by atoms with van der Waals surface area (Å²) in [7, 11) is -0.203. The molecule has 0 bridgehead atoms. The summed E-state index contributed by atoms with van der Waals surface area (Å²) in [5, 5.41) is 4.34. The van der Waals surface area contributed by atoms with E-state index in [9.17, 15) is 8.42 Å². The normalized spacial score (nSPS) is 19.1. The highest BCUT2D eigenvalue weighted by atomic mass is 32.2. The minimum atomic E-state index is -3.35. The molecule has 2 aromatic rings. The zero-order chi connectivity index (χ0) is 19.6. The molecule has 9 heteroatoms. The van der Waals surface area contributed by atoms with Gasteiger partial charge in [-0.3, -0.25) is 14.6 Å². The third kappa shape index (κ3) is 4.53. The molecular weight excluding hydrogens is 364 g/mol. The second kappa shape index (κ2) is 8.04. The van der Waals surface area contributed by atoms with Gasteiger partial charge in [-0.05, 0) is 39.0 Å². The van der Waals surface area contributed by atoms with Gasteiger partial charge in [0.25, 0.3) is 10.2 Å². The number of hydrogen-bond donors (Lipinski definition) is 0. The van der Waals surface area contributed by atoms with E-state index in [2.05, 4.69) is 28.9 Å². The molecule has 1 aliphatic heterocycles. The summed E-state index contributed by atoms with van der Waals surface area (Å²) < 4.78 is 29.4. The molecule has 0 amide bonds. The molecule has 8 nitrogen and oxygen atoms in total. The maximum Gasteiger partial charge on any atom is 0.281 e. The van der Waals surface area contributed by atoms with E-state index in [1.54, 1.807) is 37.0 Å². The van der Waals surface area contributed by atoms with Crippen LogP contribution in [0.2, 0.25) is 0 Å². The van der Waals surface area contributed by atoms with E-state index >= 15 is 0 Å². The van der Waals surface area contributed by atoms with Crippen molar-refractivity contribution in [2.24, 2.45) is 5.92 Å². The van der Waals surface area contributed by atoms with Gasteiger partial charge in [0.15, 0.2) is 0 Å². The van der Waals surface area contributed by atoms with Crippen molar-refractivity contribution in [3.63, 3.8) is 0 Å². The Kier molecular flexibility index (Phi) is 5.92. The highest BCUT2D eigenvalue weighted by Gasteiger charge is 2.30. The Bertz CT molecular complexity index is 860. The van der Waals surface area contributed by atoms with E-state index < -0.39 is 10.2 Å². The lowest BCUT2D eigenvalue weighted by atomic mass is 9.95. The number of nitrogens with zero attached hydrogens (tertiary/aromatic N) is 6. The lowest BCUT2D eigenvalue weighted by Gasteiger charge is -2.33. The molecule has 0 spiro atoms. The molecule has 1 atom stereocenters. The van der Waals surface area contributed by atoms with Crippen LogP contribution >= 0.6 is 0 Å². The summed E-state index contributed by atoms with van der Waals surface area (Å²) in [4.78, 5) is 9.07. The SMILES string of the molecule is CC(C)n1cc(-c2cnc(CC3CCCN(S(=O)(=O)N(C)C)C3)cn2)cn1. The molecule has 0 N–H and O–H groups in total. The topological polar surface area (TPSA) is 84.2 Å². The minimum absolute atomic E-state index is 0.261. The molecule has 0 aliphatic carbocycles. The fourth-order valence-electron chi connectivity index (χ4n) is 3.29. The summed E-state index contributed by atoms with van der Waals surface area (Å²) in [5.41, 5.74) is 2.64. The molecule has 0 radical (unpaired) electrons. The van der Waals surface area contributed by atoms with E-state index in [1.165, 1.54) is 4.31 Å². The minimum Gasteiger partial charge on any atom is -0.270 e. The van der Waals surface area contributed by atoms with Crippen LogP contribution in [0.3, 0.4) is 0 Å². The molecule has 3 heterocycles. The Morgan fingerprint density at radius 1 is 1.22 bits per heavy atom. The van der Waals surface area contributed by atoms with Gasteiger partial charge in [-0.15, -0.1) is 0 Å². The van der Waals surface area contributed by atoms with Crippen LogP contribution < -0.4 is 0 Å². The summed E-state index contributed by atoms with van der Waals surface area (Å²) in [6.07, 6.45) is 9.95. The number of piperidine rings is 1. The fraction of sp³-hybridized carbons (Fsp3) is 0.611. The van der Waals surface area contributed by atoms with Gasteiger partial charge in [0.05, 0.1) is 23.8 Å². The molecule has 3 rings (SSSR count).